The highest BCUT2D eigenvalue weighted by molar-refractivity contribution is 7.52. The van der Waals surface area contributed by atoms with E-state index in [0.717, 1.165) is 6.92 Å². The maximum Gasteiger partial charge on any atom is 0.333 e. The number of carbonyl (C=O) groups is 1. The minimum Gasteiger partial charge on any atom is -0.386 e. The highest BCUT2D eigenvalue weighted by atomic mass is 31.2. The third-order valence-corrected chi connectivity index (χ3v) is 1.55. The molecule has 1 atom stereocenters. The zero-order valence-corrected chi connectivity index (χ0v) is 6.28. The lowest BCUT2D eigenvalue weighted by Gasteiger charge is -2.03. The minimum absolute atomic E-state index is 0.840. The van der Waals surface area contributed by atoms with Gasteiger partial charge in [-0.2, -0.15) is 0 Å². The fourth-order valence-corrected chi connectivity index (χ4v) is 1.01. The summed E-state index contributed by atoms with van der Waals surface area (Å²) < 4.78 is 10.1. The van der Waals surface area contributed by atoms with Crippen LogP contribution in [0.5, 0.6) is 0 Å². The number of carbonyl (C=O) groups excluding carboxylic acids is 1. The van der Waals surface area contributed by atoms with Gasteiger partial charge in [-0.3, -0.25) is 9.36 Å². The molecule has 0 fully saturated rings. The Balaban J connectivity index is 3.94. The summed E-state index contributed by atoms with van der Waals surface area (Å²) in [7, 11) is -4.29. The molecular formula is C4H9O5P. The van der Waals surface area contributed by atoms with Crippen molar-refractivity contribution in [2.24, 2.45) is 0 Å². The van der Waals surface area contributed by atoms with Gasteiger partial charge in [-0.05, 0) is 6.92 Å². The van der Waals surface area contributed by atoms with Gasteiger partial charge >= 0.3 is 7.60 Å². The van der Waals surface area contributed by atoms with Crippen molar-refractivity contribution in [3.63, 3.8) is 0 Å². The van der Waals surface area contributed by atoms with E-state index in [9.17, 15) is 9.36 Å². The second kappa shape index (κ2) is 3.25. The number of aliphatic hydroxyl groups is 1. The van der Waals surface area contributed by atoms with Gasteiger partial charge in [0.2, 0.25) is 0 Å². The van der Waals surface area contributed by atoms with Crippen molar-refractivity contribution in [2.45, 2.75) is 13.0 Å². The minimum atomic E-state index is -4.29. The number of ketones is 1. The predicted molar refractivity (Wildman–Crippen MR) is 33.6 cm³/mol. The van der Waals surface area contributed by atoms with Gasteiger partial charge in [0.15, 0.2) is 5.78 Å². The molecule has 0 spiro atoms. The van der Waals surface area contributed by atoms with E-state index in [1.54, 1.807) is 0 Å². The SMILES string of the molecule is CC(O)C(=O)CP(=O)(O)O. The topological polar surface area (TPSA) is 94.8 Å². The molecule has 0 aliphatic carbocycles. The summed E-state index contributed by atoms with van der Waals surface area (Å²) >= 11 is 0. The zero-order valence-electron chi connectivity index (χ0n) is 5.39. The number of Topliss-reactive ketones (excluding diaryl/α,β-unsaturated/α-hetero) is 1. The molecule has 0 aromatic carbocycles. The Morgan fingerprint density at radius 2 is 2.00 bits per heavy atom. The Labute approximate surface area is 57.8 Å². The van der Waals surface area contributed by atoms with E-state index < -0.39 is 25.6 Å². The van der Waals surface area contributed by atoms with Gasteiger partial charge in [0.05, 0.1) is 0 Å². The molecule has 0 heterocycles. The van der Waals surface area contributed by atoms with Crippen LogP contribution < -0.4 is 0 Å². The summed E-state index contributed by atoms with van der Waals surface area (Å²) in [6.07, 6.45) is -2.18. The number of hydrogen-bond donors (Lipinski definition) is 3. The largest absolute Gasteiger partial charge is 0.386 e. The standard InChI is InChI=1S/C4H9O5P/c1-3(5)4(6)2-10(7,8)9/h3,5H,2H2,1H3,(H2,7,8,9). The Bertz CT molecular complexity index is 168. The van der Waals surface area contributed by atoms with Gasteiger partial charge in [0.25, 0.3) is 0 Å². The summed E-state index contributed by atoms with van der Waals surface area (Å²) in [5.74, 6) is -0.840. The summed E-state index contributed by atoms with van der Waals surface area (Å²) in [5, 5.41) is 8.49. The molecule has 0 aromatic heterocycles. The van der Waals surface area contributed by atoms with Gasteiger partial charge in [0, 0.05) is 0 Å². The van der Waals surface area contributed by atoms with Crippen molar-refractivity contribution in [1.82, 2.24) is 0 Å². The summed E-state index contributed by atoms with van der Waals surface area (Å²) in [5.41, 5.74) is 0. The van der Waals surface area contributed by atoms with E-state index in [0.29, 0.717) is 0 Å². The molecule has 6 heteroatoms. The molecule has 60 valence electrons. The molecular weight excluding hydrogens is 159 g/mol. The molecule has 0 aliphatic rings. The van der Waals surface area contributed by atoms with Gasteiger partial charge in [0.1, 0.15) is 12.3 Å². The quantitative estimate of drug-likeness (QED) is 0.475. The van der Waals surface area contributed by atoms with Crippen LogP contribution in [0.3, 0.4) is 0 Å². The Hall–Kier alpha value is -0.220. The maximum atomic E-state index is 10.4. The van der Waals surface area contributed by atoms with E-state index >= 15 is 0 Å². The highest BCUT2D eigenvalue weighted by Gasteiger charge is 2.21. The average molecular weight is 168 g/mol. The lowest BCUT2D eigenvalue weighted by Crippen LogP contribution is -2.19. The monoisotopic (exact) mass is 168 g/mol. The van der Waals surface area contributed by atoms with Crippen molar-refractivity contribution in [2.75, 3.05) is 6.16 Å². The maximum absolute atomic E-state index is 10.4. The second-order valence-electron chi connectivity index (χ2n) is 1.97. The highest BCUT2D eigenvalue weighted by Crippen LogP contribution is 2.33. The van der Waals surface area contributed by atoms with E-state index in [1.165, 1.54) is 0 Å². The molecule has 0 aromatic rings. The van der Waals surface area contributed by atoms with Crippen LogP contribution in [0.15, 0.2) is 0 Å². The van der Waals surface area contributed by atoms with E-state index in [1.807, 2.05) is 0 Å². The first-order valence-electron chi connectivity index (χ1n) is 2.58. The first-order valence-corrected chi connectivity index (χ1v) is 4.38. The van der Waals surface area contributed by atoms with Crippen molar-refractivity contribution in [3.05, 3.63) is 0 Å². The molecule has 3 N–H and O–H groups in total. The van der Waals surface area contributed by atoms with Crippen LogP contribution in [0.25, 0.3) is 0 Å². The lowest BCUT2D eigenvalue weighted by molar-refractivity contribution is -0.123. The summed E-state index contributed by atoms with van der Waals surface area (Å²) in [6, 6.07) is 0. The van der Waals surface area contributed by atoms with Crippen molar-refractivity contribution in [3.8, 4) is 0 Å². The predicted octanol–water partition coefficient (Wildman–Crippen LogP) is -0.886. The average Bonchev–Trinajstić information content (AvgIpc) is 1.60. The molecule has 1 unspecified atom stereocenters. The van der Waals surface area contributed by atoms with Gasteiger partial charge in [-0.15, -0.1) is 0 Å². The Morgan fingerprint density at radius 3 is 2.10 bits per heavy atom. The fourth-order valence-electron chi connectivity index (χ4n) is 0.335. The van der Waals surface area contributed by atoms with E-state index in [2.05, 4.69) is 0 Å². The van der Waals surface area contributed by atoms with Gasteiger partial charge < -0.3 is 14.9 Å². The first-order chi connectivity index (χ1) is 4.33. The molecule has 0 saturated carbocycles. The number of hydrogen-bond acceptors (Lipinski definition) is 3. The zero-order chi connectivity index (χ0) is 8.36. The van der Waals surface area contributed by atoms with Crippen LogP contribution in [0, 0.1) is 0 Å². The van der Waals surface area contributed by atoms with Crippen LogP contribution in [0.4, 0.5) is 0 Å². The third-order valence-electron chi connectivity index (χ3n) is 0.828. The van der Waals surface area contributed by atoms with Crippen molar-refractivity contribution >= 4 is 13.4 Å². The molecule has 0 radical (unpaired) electrons. The number of rotatable bonds is 3. The van der Waals surface area contributed by atoms with Crippen molar-refractivity contribution < 1.29 is 24.3 Å². The van der Waals surface area contributed by atoms with Crippen LogP contribution in [0.1, 0.15) is 6.92 Å². The van der Waals surface area contributed by atoms with Gasteiger partial charge in [-0.1, -0.05) is 0 Å². The molecule has 0 saturated heterocycles. The Morgan fingerprint density at radius 1 is 1.60 bits per heavy atom. The first kappa shape index (κ1) is 9.78. The molecule has 10 heavy (non-hydrogen) atoms. The summed E-state index contributed by atoms with van der Waals surface area (Å²) in [6.45, 7) is 1.16. The fraction of sp³-hybridized carbons (Fsp3) is 0.750. The normalized spacial score (nSPS) is 14.8. The third kappa shape index (κ3) is 4.64. The molecule has 0 aliphatic heterocycles. The van der Waals surface area contributed by atoms with E-state index in [4.69, 9.17) is 14.9 Å². The summed E-state index contributed by atoms with van der Waals surface area (Å²) in [4.78, 5) is 26.8. The smallest absolute Gasteiger partial charge is 0.333 e. The molecule has 5 nitrogen and oxygen atoms in total. The van der Waals surface area contributed by atoms with Crippen LogP contribution in [-0.4, -0.2) is 32.9 Å². The number of aliphatic hydroxyl groups excluding tert-OH is 1. The van der Waals surface area contributed by atoms with Crippen LogP contribution in [-0.2, 0) is 9.36 Å². The van der Waals surface area contributed by atoms with E-state index in [-0.39, 0.29) is 0 Å². The molecule has 0 rings (SSSR count). The molecule has 0 bridgehead atoms. The van der Waals surface area contributed by atoms with Crippen molar-refractivity contribution in [1.29, 1.82) is 0 Å². The Kier molecular flexibility index (Phi) is 3.18. The second-order valence-corrected chi connectivity index (χ2v) is 3.61. The van der Waals surface area contributed by atoms with Crippen LogP contribution >= 0.6 is 7.60 Å². The lowest BCUT2D eigenvalue weighted by atomic mass is 10.3. The van der Waals surface area contributed by atoms with Gasteiger partial charge in [-0.25, -0.2) is 0 Å². The van der Waals surface area contributed by atoms with Crippen LogP contribution in [0.2, 0.25) is 0 Å². The molecule has 0 amide bonds.